The first kappa shape index (κ1) is 13.0. The third-order valence-corrected chi connectivity index (χ3v) is 3.45. The van der Waals surface area contributed by atoms with Crippen LogP contribution < -0.4 is 5.73 Å². The number of benzene rings is 1. The van der Waals surface area contributed by atoms with Crippen LogP contribution in [0.5, 0.6) is 0 Å². The van der Waals surface area contributed by atoms with Crippen LogP contribution in [0.2, 0.25) is 0 Å². The Kier molecular flexibility index (Phi) is 3.98. The van der Waals surface area contributed by atoms with E-state index in [0.717, 1.165) is 29.5 Å². The van der Waals surface area contributed by atoms with E-state index in [0.29, 0.717) is 5.56 Å². The van der Waals surface area contributed by atoms with E-state index >= 15 is 0 Å². The highest BCUT2D eigenvalue weighted by atomic mass is 32.1. The van der Waals surface area contributed by atoms with E-state index in [1.807, 2.05) is 6.92 Å². The number of nitrogens with two attached hydrogens (primary N) is 1. The summed E-state index contributed by atoms with van der Waals surface area (Å²) in [5, 5.41) is 4.00. The zero-order valence-electron chi connectivity index (χ0n) is 9.86. The average molecular weight is 269 g/mol. The van der Waals surface area contributed by atoms with Crippen LogP contribution in [0.4, 0.5) is 8.78 Å². The maximum absolute atomic E-state index is 13.2. The summed E-state index contributed by atoms with van der Waals surface area (Å²) in [5.74, 6) is -1.26. The zero-order chi connectivity index (χ0) is 13.1. The Morgan fingerprint density at radius 3 is 2.56 bits per heavy atom. The van der Waals surface area contributed by atoms with E-state index in [1.54, 1.807) is 0 Å². The van der Waals surface area contributed by atoms with Gasteiger partial charge in [0, 0.05) is 6.07 Å². The molecule has 18 heavy (non-hydrogen) atoms. The van der Waals surface area contributed by atoms with Gasteiger partial charge in [0.25, 0.3) is 0 Å². The van der Waals surface area contributed by atoms with Crippen LogP contribution in [-0.4, -0.2) is 9.59 Å². The van der Waals surface area contributed by atoms with Gasteiger partial charge in [-0.3, -0.25) is 0 Å². The van der Waals surface area contributed by atoms with E-state index < -0.39 is 17.7 Å². The largest absolute Gasteiger partial charge is 0.319 e. The van der Waals surface area contributed by atoms with Crippen molar-refractivity contribution in [2.24, 2.45) is 5.73 Å². The molecule has 0 aliphatic rings. The van der Waals surface area contributed by atoms with Crippen molar-refractivity contribution >= 4 is 11.5 Å². The third kappa shape index (κ3) is 2.70. The molecule has 0 fully saturated rings. The lowest BCUT2D eigenvalue weighted by Crippen LogP contribution is -2.13. The van der Waals surface area contributed by atoms with Crippen molar-refractivity contribution in [3.05, 3.63) is 46.0 Å². The van der Waals surface area contributed by atoms with Crippen molar-refractivity contribution in [2.75, 3.05) is 0 Å². The minimum atomic E-state index is -0.630. The van der Waals surface area contributed by atoms with Gasteiger partial charge in [-0.2, -0.15) is 0 Å². The van der Waals surface area contributed by atoms with Gasteiger partial charge in [-0.15, -0.1) is 5.10 Å². The van der Waals surface area contributed by atoms with Gasteiger partial charge in [-0.05, 0) is 35.6 Å². The van der Waals surface area contributed by atoms with Gasteiger partial charge in [0.2, 0.25) is 0 Å². The first-order valence-electron chi connectivity index (χ1n) is 5.64. The number of rotatable bonds is 4. The predicted molar refractivity (Wildman–Crippen MR) is 66.3 cm³/mol. The second-order valence-corrected chi connectivity index (χ2v) is 4.80. The molecular formula is C12H13F2N3S. The van der Waals surface area contributed by atoms with Gasteiger partial charge in [0.15, 0.2) is 0 Å². The van der Waals surface area contributed by atoms with E-state index in [-0.39, 0.29) is 0 Å². The molecule has 0 saturated heterocycles. The first-order valence-corrected chi connectivity index (χ1v) is 6.42. The van der Waals surface area contributed by atoms with Gasteiger partial charge < -0.3 is 5.73 Å². The van der Waals surface area contributed by atoms with Gasteiger partial charge in [0.05, 0.1) is 16.6 Å². The summed E-state index contributed by atoms with van der Waals surface area (Å²) in [6.07, 6.45) is 1.68. The smallest absolute Gasteiger partial charge is 0.126 e. The molecule has 6 heteroatoms. The van der Waals surface area contributed by atoms with Crippen molar-refractivity contribution in [1.29, 1.82) is 0 Å². The van der Waals surface area contributed by atoms with Crippen LogP contribution in [0, 0.1) is 11.6 Å². The number of hydrogen-bond acceptors (Lipinski definition) is 4. The fourth-order valence-corrected chi connectivity index (χ4v) is 2.49. The monoisotopic (exact) mass is 269 g/mol. The van der Waals surface area contributed by atoms with Crippen LogP contribution in [-0.2, 0) is 6.42 Å². The number of aryl methyl sites for hydroxylation is 1. The van der Waals surface area contributed by atoms with Crippen molar-refractivity contribution < 1.29 is 8.78 Å². The maximum Gasteiger partial charge on any atom is 0.126 e. The molecule has 3 nitrogen and oxygen atoms in total. The average Bonchev–Trinajstić information content (AvgIpc) is 2.75. The molecule has 0 bridgehead atoms. The van der Waals surface area contributed by atoms with Crippen molar-refractivity contribution in [3.8, 4) is 0 Å². The molecule has 0 saturated carbocycles. The highest BCUT2D eigenvalue weighted by Gasteiger charge is 2.18. The summed E-state index contributed by atoms with van der Waals surface area (Å²) < 4.78 is 30.2. The van der Waals surface area contributed by atoms with Crippen LogP contribution in [0.15, 0.2) is 18.2 Å². The molecule has 0 amide bonds. The molecule has 0 spiro atoms. The highest BCUT2D eigenvalue weighted by Crippen LogP contribution is 2.26. The molecule has 2 N–H and O–H groups in total. The Bertz CT molecular complexity index is 522. The Hall–Kier alpha value is -1.40. The topological polar surface area (TPSA) is 51.8 Å². The van der Waals surface area contributed by atoms with Gasteiger partial charge in [-0.1, -0.05) is 17.8 Å². The lowest BCUT2D eigenvalue weighted by Gasteiger charge is -2.11. The summed E-state index contributed by atoms with van der Waals surface area (Å²) >= 11 is 1.17. The van der Waals surface area contributed by atoms with E-state index in [9.17, 15) is 8.78 Å². The Morgan fingerprint density at radius 2 is 1.94 bits per heavy atom. The van der Waals surface area contributed by atoms with Gasteiger partial charge >= 0.3 is 0 Å². The van der Waals surface area contributed by atoms with Crippen LogP contribution >= 0.6 is 11.5 Å². The molecule has 1 unspecified atom stereocenters. The molecule has 0 aliphatic heterocycles. The van der Waals surface area contributed by atoms with Gasteiger partial charge in [0.1, 0.15) is 11.6 Å². The lowest BCUT2D eigenvalue weighted by molar-refractivity contribution is 0.577. The summed E-state index contributed by atoms with van der Waals surface area (Å²) in [6, 6.07) is 2.72. The molecular weight excluding hydrogens is 256 g/mol. The molecule has 1 aromatic heterocycles. The molecule has 1 aromatic carbocycles. The SMILES string of the molecule is CCCc1nnsc1C(N)c1cc(F)cc(F)c1. The van der Waals surface area contributed by atoms with Crippen LogP contribution in [0.3, 0.4) is 0 Å². The van der Waals surface area contributed by atoms with E-state index in [2.05, 4.69) is 9.59 Å². The zero-order valence-corrected chi connectivity index (χ0v) is 10.7. The summed E-state index contributed by atoms with van der Waals surface area (Å²) in [7, 11) is 0. The molecule has 96 valence electrons. The number of aromatic nitrogens is 2. The Labute approximate surface area is 108 Å². The lowest BCUT2D eigenvalue weighted by atomic mass is 10.0. The first-order chi connectivity index (χ1) is 8.61. The fraction of sp³-hybridized carbons (Fsp3) is 0.333. The number of halogens is 2. The standard InChI is InChI=1S/C12H13F2N3S/c1-2-3-10-12(18-17-16-10)11(15)7-4-8(13)6-9(14)5-7/h4-6,11H,2-3,15H2,1H3. The van der Waals surface area contributed by atoms with E-state index in [4.69, 9.17) is 5.73 Å². The van der Waals surface area contributed by atoms with Crippen molar-refractivity contribution in [3.63, 3.8) is 0 Å². The maximum atomic E-state index is 13.2. The molecule has 1 heterocycles. The summed E-state index contributed by atoms with van der Waals surface area (Å²) in [6.45, 7) is 2.02. The quantitative estimate of drug-likeness (QED) is 0.928. The van der Waals surface area contributed by atoms with Crippen molar-refractivity contribution in [1.82, 2.24) is 9.59 Å². The minimum Gasteiger partial charge on any atom is -0.319 e. The second-order valence-electron chi connectivity index (χ2n) is 4.01. The Morgan fingerprint density at radius 1 is 1.28 bits per heavy atom. The fourth-order valence-electron chi connectivity index (χ4n) is 1.77. The molecule has 0 radical (unpaired) electrons. The van der Waals surface area contributed by atoms with Crippen LogP contribution in [0.1, 0.15) is 35.5 Å². The highest BCUT2D eigenvalue weighted by molar-refractivity contribution is 7.05. The summed E-state index contributed by atoms with van der Waals surface area (Å²) in [5.41, 5.74) is 7.23. The Balaban J connectivity index is 2.34. The normalized spacial score (nSPS) is 12.7. The molecule has 1 atom stereocenters. The number of nitrogens with zero attached hydrogens (tertiary/aromatic N) is 2. The van der Waals surface area contributed by atoms with Crippen LogP contribution in [0.25, 0.3) is 0 Å². The molecule has 0 aliphatic carbocycles. The second kappa shape index (κ2) is 5.49. The third-order valence-electron chi connectivity index (χ3n) is 2.60. The number of hydrogen-bond donors (Lipinski definition) is 1. The molecule has 2 rings (SSSR count). The molecule has 2 aromatic rings. The minimum absolute atomic E-state index is 0.399. The summed E-state index contributed by atoms with van der Waals surface area (Å²) in [4.78, 5) is 0.766. The van der Waals surface area contributed by atoms with E-state index in [1.165, 1.54) is 23.7 Å². The van der Waals surface area contributed by atoms with Gasteiger partial charge in [-0.25, -0.2) is 8.78 Å². The predicted octanol–water partition coefficient (Wildman–Crippen LogP) is 2.82. The van der Waals surface area contributed by atoms with Crippen molar-refractivity contribution in [2.45, 2.75) is 25.8 Å².